The van der Waals surface area contributed by atoms with Crippen molar-refractivity contribution in [1.29, 1.82) is 0 Å². The topological polar surface area (TPSA) is 104 Å². The van der Waals surface area contributed by atoms with Crippen molar-refractivity contribution in [3.05, 3.63) is 47.3 Å². The van der Waals surface area contributed by atoms with Gasteiger partial charge in [0, 0.05) is 5.39 Å². The van der Waals surface area contributed by atoms with Gasteiger partial charge in [-0.3, -0.25) is 0 Å². The van der Waals surface area contributed by atoms with Gasteiger partial charge in [-0.2, -0.15) is 0 Å². The highest BCUT2D eigenvalue weighted by atomic mass is 16.5. The molecule has 3 rings (SSSR count). The Hall–Kier alpha value is -3.46. The lowest BCUT2D eigenvalue weighted by atomic mass is 10.1. The highest BCUT2D eigenvalue weighted by Gasteiger charge is 2.33. The third kappa shape index (κ3) is 3.90. The standard InChI is InChI=1S/C20H20N2O7/c1-4-29-19(24)15-9-8-12-14(21-15)6-5-7-16(12)22-11-28-10-13(18(23)26-2)17(22)20(25)27-3/h5-9H,4,10-11H2,1-3H3. The molecule has 29 heavy (non-hydrogen) atoms. The Bertz CT molecular complexity index is 999. The van der Waals surface area contributed by atoms with Gasteiger partial charge in [0.15, 0.2) is 0 Å². The average Bonchev–Trinajstić information content (AvgIpc) is 2.76. The maximum atomic E-state index is 12.5. The summed E-state index contributed by atoms with van der Waals surface area (Å²) >= 11 is 0. The maximum Gasteiger partial charge on any atom is 0.356 e. The Balaban J connectivity index is 2.14. The summed E-state index contributed by atoms with van der Waals surface area (Å²) in [6.45, 7) is 1.90. The van der Waals surface area contributed by atoms with E-state index in [0.717, 1.165) is 0 Å². The van der Waals surface area contributed by atoms with Crippen LogP contribution in [0.5, 0.6) is 0 Å². The van der Waals surface area contributed by atoms with Crippen molar-refractivity contribution < 1.29 is 33.3 Å². The van der Waals surface area contributed by atoms with Gasteiger partial charge in [0.05, 0.1) is 44.2 Å². The predicted octanol–water partition coefficient (Wildman–Crippen LogP) is 1.81. The van der Waals surface area contributed by atoms with Gasteiger partial charge in [-0.1, -0.05) is 6.07 Å². The normalized spacial score (nSPS) is 14.0. The van der Waals surface area contributed by atoms with Gasteiger partial charge in [-0.25, -0.2) is 19.4 Å². The van der Waals surface area contributed by atoms with Crippen molar-refractivity contribution in [3.8, 4) is 0 Å². The molecule has 152 valence electrons. The lowest BCUT2D eigenvalue weighted by Gasteiger charge is -2.32. The summed E-state index contributed by atoms with van der Waals surface area (Å²) < 4.78 is 20.1. The van der Waals surface area contributed by atoms with E-state index in [1.54, 1.807) is 31.2 Å². The summed E-state index contributed by atoms with van der Waals surface area (Å²) in [6, 6.07) is 8.44. The van der Waals surface area contributed by atoms with E-state index in [9.17, 15) is 14.4 Å². The summed E-state index contributed by atoms with van der Waals surface area (Å²) in [7, 11) is 2.45. The van der Waals surface area contributed by atoms with E-state index >= 15 is 0 Å². The molecule has 0 spiro atoms. The summed E-state index contributed by atoms with van der Waals surface area (Å²) in [5.41, 5.74) is 1.34. The molecule has 0 saturated carbocycles. The Morgan fingerprint density at radius 2 is 1.83 bits per heavy atom. The number of rotatable bonds is 5. The first kappa shape index (κ1) is 20.3. The molecule has 2 heterocycles. The number of anilines is 1. The van der Waals surface area contributed by atoms with Gasteiger partial charge in [0.2, 0.25) is 0 Å². The van der Waals surface area contributed by atoms with Gasteiger partial charge in [0.25, 0.3) is 0 Å². The second kappa shape index (κ2) is 8.70. The molecule has 1 aliphatic heterocycles. The zero-order valence-electron chi connectivity index (χ0n) is 16.3. The first-order valence-corrected chi connectivity index (χ1v) is 8.83. The van der Waals surface area contributed by atoms with Crippen LogP contribution in [0.3, 0.4) is 0 Å². The molecule has 9 heteroatoms. The van der Waals surface area contributed by atoms with Crippen molar-refractivity contribution in [2.75, 3.05) is 39.1 Å². The molecule has 0 amide bonds. The van der Waals surface area contributed by atoms with Gasteiger partial charge in [-0.15, -0.1) is 0 Å². The van der Waals surface area contributed by atoms with Crippen LogP contribution in [0.4, 0.5) is 5.69 Å². The molecule has 1 aromatic carbocycles. The van der Waals surface area contributed by atoms with Crippen LogP contribution in [0, 0.1) is 0 Å². The number of methoxy groups -OCH3 is 2. The average molecular weight is 400 g/mol. The number of benzene rings is 1. The van der Waals surface area contributed by atoms with E-state index in [2.05, 4.69) is 4.98 Å². The first-order chi connectivity index (χ1) is 14.0. The second-order valence-electron chi connectivity index (χ2n) is 5.98. The molecule has 0 bridgehead atoms. The molecule has 9 nitrogen and oxygen atoms in total. The van der Waals surface area contributed by atoms with Gasteiger partial charge in [0.1, 0.15) is 18.1 Å². The third-order valence-electron chi connectivity index (χ3n) is 4.32. The summed E-state index contributed by atoms with van der Waals surface area (Å²) in [6.07, 6.45) is 0. The first-order valence-electron chi connectivity index (χ1n) is 8.83. The fraction of sp³-hybridized carbons (Fsp3) is 0.300. The third-order valence-corrected chi connectivity index (χ3v) is 4.32. The molecule has 0 unspecified atom stereocenters. The lowest BCUT2D eigenvalue weighted by molar-refractivity contribution is -0.140. The molecule has 0 N–H and O–H groups in total. The number of hydrogen-bond acceptors (Lipinski definition) is 9. The van der Waals surface area contributed by atoms with Crippen LogP contribution in [0.25, 0.3) is 10.9 Å². The lowest BCUT2D eigenvalue weighted by Crippen LogP contribution is -2.38. The Kier molecular flexibility index (Phi) is 6.08. The number of carbonyl (C=O) groups excluding carboxylic acids is 3. The summed E-state index contributed by atoms with van der Waals surface area (Å²) in [4.78, 5) is 42.5. The molecular weight excluding hydrogens is 380 g/mol. The quantitative estimate of drug-likeness (QED) is 0.549. The minimum Gasteiger partial charge on any atom is -0.466 e. The zero-order valence-corrected chi connectivity index (χ0v) is 16.3. The van der Waals surface area contributed by atoms with E-state index in [4.69, 9.17) is 18.9 Å². The number of carbonyl (C=O) groups is 3. The minimum absolute atomic E-state index is 0.0175. The number of fused-ring (bicyclic) bond motifs is 1. The second-order valence-corrected chi connectivity index (χ2v) is 5.98. The van der Waals surface area contributed by atoms with Crippen molar-refractivity contribution in [3.63, 3.8) is 0 Å². The van der Waals surface area contributed by atoms with Crippen molar-refractivity contribution in [2.45, 2.75) is 6.92 Å². The number of nitrogens with zero attached hydrogens (tertiary/aromatic N) is 2. The van der Waals surface area contributed by atoms with E-state index in [1.807, 2.05) is 0 Å². The summed E-state index contributed by atoms with van der Waals surface area (Å²) in [5, 5.41) is 0.650. The smallest absolute Gasteiger partial charge is 0.356 e. The maximum absolute atomic E-state index is 12.5. The SMILES string of the molecule is CCOC(=O)c1ccc2c(N3COCC(C(=O)OC)=C3C(=O)OC)cccc2n1. The fourth-order valence-corrected chi connectivity index (χ4v) is 3.03. The molecule has 0 aliphatic carbocycles. The Labute approximate surface area is 166 Å². The van der Waals surface area contributed by atoms with E-state index in [0.29, 0.717) is 16.6 Å². The molecule has 0 radical (unpaired) electrons. The van der Waals surface area contributed by atoms with E-state index in [1.165, 1.54) is 25.2 Å². The number of ether oxygens (including phenoxy) is 4. The molecule has 2 aromatic rings. The zero-order chi connectivity index (χ0) is 21.0. The van der Waals surface area contributed by atoms with Crippen LogP contribution >= 0.6 is 0 Å². The fourth-order valence-electron chi connectivity index (χ4n) is 3.03. The Morgan fingerprint density at radius 1 is 1.07 bits per heavy atom. The highest BCUT2D eigenvalue weighted by Crippen LogP contribution is 2.32. The van der Waals surface area contributed by atoms with Gasteiger partial charge < -0.3 is 23.8 Å². The molecule has 0 atom stereocenters. The minimum atomic E-state index is -0.693. The molecule has 0 saturated heterocycles. The predicted molar refractivity (Wildman–Crippen MR) is 102 cm³/mol. The van der Waals surface area contributed by atoms with Crippen molar-refractivity contribution in [1.82, 2.24) is 4.98 Å². The molecular formula is C20H20N2O7. The largest absolute Gasteiger partial charge is 0.466 e. The number of hydrogen-bond donors (Lipinski definition) is 0. The molecule has 1 aromatic heterocycles. The van der Waals surface area contributed by atoms with E-state index < -0.39 is 17.9 Å². The van der Waals surface area contributed by atoms with Gasteiger partial charge in [-0.05, 0) is 31.2 Å². The van der Waals surface area contributed by atoms with Crippen LogP contribution in [0.1, 0.15) is 17.4 Å². The van der Waals surface area contributed by atoms with Crippen LogP contribution < -0.4 is 4.90 Å². The van der Waals surface area contributed by atoms with E-state index in [-0.39, 0.29) is 36.9 Å². The van der Waals surface area contributed by atoms with Gasteiger partial charge >= 0.3 is 17.9 Å². The van der Waals surface area contributed by atoms with Crippen LogP contribution in [0.15, 0.2) is 41.6 Å². The molecule has 1 aliphatic rings. The van der Waals surface area contributed by atoms with Crippen molar-refractivity contribution >= 4 is 34.5 Å². The van der Waals surface area contributed by atoms with Crippen LogP contribution in [-0.4, -0.2) is 57.1 Å². The number of pyridine rings is 1. The van der Waals surface area contributed by atoms with Crippen LogP contribution in [-0.2, 0) is 28.5 Å². The molecule has 0 fully saturated rings. The monoisotopic (exact) mass is 400 g/mol. The Morgan fingerprint density at radius 3 is 2.52 bits per heavy atom. The summed E-state index contributed by atoms with van der Waals surface area (Å²) in [5.74, 6) is -1.90. The number of esters is 3. The highest BCUT2D eigenvalue weighted by molar-refractivity contribution is 6.06. The van der Waals surface area contributed by atoms with Crippen LogP contribution in [0.2, 0.25) is 0 Å². The van der Waals surface area contributed by atoms with Crippen molar-refractivity contribution in [2.24, 2.45) is 0 Å². The number of aromatic nitrogens is 1.